The lowest BCUT2D eigenvalue weighted by Gasteiger charge is -2.13. The molecule has 0 amide bonds. The molecule has 0 aliphatic rings. The molecule has 0 saturated heterocycles. The van der Waals surface area contributed by atoms with Crippen molar-refractivity contribution in [2.24, 2.45) is 0 Å². The zero-order valence-electron chi connectivity index (χ0n) is 9.75. The van der Waals surface area contributed by atoms with Gasteiger partial charge in [0.25, 0.3) is 0 Å². The summed E-state index contributed by atoms with van der Waals surface area (Å²) in [6.45, 7) is 5.59. The minimum atomic E-state index is 0.633. The molecule has 16 heavy (non-hydrogen) atoms. The second kappa shape index (κ2) is 7.06. The van der Waals surface area contributed by atoms with Gasteiger partial charge in [0, 0.05) is 6.54 Å². The number of anilines is 1. The predicted molar refractivity (Wildman–Crippen MR) is 72.1 cm³/mol. The fraction of sp³-hybridized carbons (Fsp3) is 0.417. The highest BCUT2D eigenvalue weighted by atomic mass is 32.1. The maximum absolute atomic E-state index is 5.49. The van der Waals surface area contributed by atoms with Crippen molar-refractivity contribution >= 4 is 23.0 Å². The first-order chi connectivity index (χ1) is 7.77. The van der Waals surface area contributed by atoms with E-state index in [1.54, 1.807) is 0 Å². The smallest absolute Gasteiger partial charge is 0.170 e. The molecule has 0 aliphatic heterocycles. The summed E-state index contributed by atoms with van der Waals surface area (Å²) in [7, 11) is 0. The van der Waals surface area contributed by atoms with Crippen molar-refractivity contribution < 1.29 is 4.74 Å². The lowest BCUT2D eigenvalue weighted by Crippen LogP contribution is -2.29. The van der Waals surface area contributed by atoms with Crippen LogP contribution in [0.1, 0.15) is 20.3 Å². The average molecular weight is 238 g/mol. The summed E-state index contributed by atoms with van der Waals surface area (Å²) in [5, 5.41) is 6.87. The monoisotopic (exact) mass is 238 g/mol. The third-order valence-corrected chi connectivity index (χ3v) is 2.22. The van der Waals surface area contributed by atoms with E-state index in [0.29, 0.717) is 11.7 Å². The Balaban J connectivity index is 2.61. The quantitative estimate of drug-likeness (QED) is 0.773. The summed E-state index contributed by atoms with van der Waals surface area (Å²) >= 11 is 5.17. The van der Waals surface area contributed by atoms with E-state index in [1.165, 1.54) is 0 Å². The van der Waals surface area contributed by atoms with Crippen LogP contribution in [-0.4, -0.2) is 18.3 Å². The fourth-order valence-electron chi connectivity index (χ4n) is 1.26. The number of thiocarbonyl (C=S) groups is 1. The van der Waals surface area contributed by atoms with Crippen LogP contribution in [0.3, 0.4) is 0 Å². The molecular formula is C12H18N2OS. The maximum Gasteiger partial charge on any atom is 0.170 e. The van der Waals surface area contributed by atoms with Gasteiger partial charge in [0.05, 0.1) is 12.3 Å². The summed E-state index contributed by atoms with van der Waals surface area (Å²) in [6, 6.07) is 7.77. The molecule has 0 radical (unpaired) electrons. The first-order valence-corrected chi connectivity index (χ1v) is 5.95. The van der Waals surface area contributed by atoms with Gasteiger partial charge in [-0.3, -0.25) is 0 Å². The molecule has 1 aromatic rings. The second-order valence-corrected chi connectivity index (χ2v) is 3.72. The highest BCUT2D eigenvalue weighted by Crippen LogP contribution is 2.23. The van der Waals surface area contributed by atoms with Crippen LogP contribution in [-0.2, 0) is 0 Å². The van der Waals surface area contributed by atoms with Crippen LogP contribution in [0, 0.1) is 0 Å². The lowest BCUT2D eigenvalue weighted by atomic mass is 10.3. The Bertz CT molecular complexity index is 342. The van der Waals surface area contributed by atoms with Crippen molar-refractivity contribution in [1.82, 2.24) is 5.32 Å². The van der Waals surface area contributed by atoms with E-state index in [9.17, 15) is 0 Å². The van der Waals surface area contributed by atoms with E-state index < -0.39 is 0 Å². The lowest BCUT2D eigenvalue weighted by molar-refractivity contribution is 0.342. The average Bonchev–Trinajstić information content (AvgIpc) is 2.29. The van der Waals surface area contributed by atoms with Crippen molar-refractivity contribution in [3.63, 3.8) is 0 Å². The van der Waals surface area contributed by atoms with E-state index in [4.69, 9.17) is 17.0 Å². The van der Waals surface area contributed by atoms with Gasteiger partial charge in [0.1, 0.15) is 5.75 Å². The number of hydrogen-bond acceptors (Lipinski definition) is 2. The Morgan fingerprint density at radius 1 is 1.31 bits per heavy atom. The standard InChI is InChI=1S/C12H18N2OS/c1-3-9-13-12(16)14-10-7-5-6-8-11(10)15-4-2/h5-8H,3-4,9H2,1-2H3,(H2,13,14,16). The number of rotatable bonds is 5. The third kappa shape index (κ3) is 4.06. The number of para-hydroxylation sites is 2. The first-order valence-electron chi connectivity index (χ1n) is 5.54. The molecule has 0 heterocycles. The zero-order chi connectivity index (χ0) is 11.8. The van der Waals surface area contributed by atoms with Gasteiger partial charge in [-0.05, 0) is 37.7 Å². The summed E-state index contributed by atoms with van der Waals surface area (Å²) < 4.78 is 5.49. The van der Waals surface area contributed by atoms with Gasteiger partial charge in [0.2, 0.25) is 0 Å². The van der Waals surface area contributed by atoms with Crippen LogP contribution >= 0.6 is 12.2 Å². The molecule has 0 bridgehead atoms. The molecule has 0 aromatic heterocycles. The second-order valence-electron chi connectivity index (χ2n) is 3.31. The molecule has 4 heteroatoms. The van der Waals surface area contributed by atoms with E-state index in [2.05, 4.69) is 17.6 Å². The largest absolute Gasteiger partial charge is 0.492 e. The highest BCUT2D eigenvalue weighted by molar-refractivity contribution is 7.80. The van der Waals surface area contributed by atoms with E-state index in [1.807, 2.05) is 31.2 Å². The maximum atomic E-state index is 5.49. The van der Waals surface area contributed by atoms with Crippen molar-refractivity contribution in [1.29, 1.82) is 0 Å². The summed E-state index contributed by atoms with van der Waals surface area (Å²) in [5.41, 5.74) is 0.901. The van der Waals surface area contributed by atoms with Crippen LogP contribution in [0.5, 0.6) is 5.75 Å². The summed E-state index contributed by atoms with van der Waals surface area (Å²) in [6.07, 6.45) is 1.05. The molecule has 2 N–H and O–H groups in total. The van der Waals surface area contributed by atoms with Gasteiger partial charge in [-0.2, -0.15) is 0 Å². The Kier molecular flexibility index (Phi) is 5.64. The van der Waals surface area contributed by atoms with Gasteiger partial charge >= 0.3 is 0 Å². The number of benzene rings is 1. The van der Waals surface area contributed by atoms with Crippen molar-refractivity contribution in [3.05, 3.63) is 24.3 Å². The van der Waals surface area contributed by atoms with Crippen LogP contribution < -0.4 is 15.4 Å². The molecular weight excluding hydrogens is 220 g/mol. The van der Waals surface area contributed by atoms with Gasteiger partial charge in [0.15, 0.2) is 5.11 Å². The molecule has 88 valence electrons. The van der Waals surface area contributed by atoms with E-state index in [0.717, 1.165) is 24.4 Å². The molecule has 0 saturated carbocycles. The molecule has 3 nitrogen and oxygen atoms in total. The Hall–Kier alpha value is -1.29. The van der Waals surface area contributed by atoms with Crippen molar-refractivity contribution in [3.8, 4) is 5.75 Å². The van der Waals surface area contributed by atoms with Crippen LogP contribution in [0.15, 0.2) is 24.3 Å². The van der Waals surface area contributed by atoms with Gasteiger partial charge in [-0.15, -0.1) is 0 Å². The van der Waals surface area contributed by atoms with Crippen molar-refractivity contribution in [2.45, 2.75) is 20.3 Å². The minimum Gasteiger partial charge on any atom is -0.492 e. The fourth-order valence-corrected chi connectivity index (χ4v) is 1.47. The number of ether oxygens (including phenoxy) is 1. The molecule has 0 fully saturated rings. The predicted octanol–water partition coefficient (Wildman–Crippen LogP) is 2.78. The highest BCUT2D eigenvalue weighted by Gasteiger charge is 2.03. The topological polar surface area (TPSA) is 33.3 Å². The Labute approximate surface area is 102 Å². The van der Waals surface area contributed by atoms with Crippen LogP contribution in [0.2, 0.25) is 0 Å². The zero-order valence-corrected chi connectivity index (χ0v) is 10.6. The van der Waals surface area contributed by atoms with Crippen LogP contribution in [0.4, 0.5) is 5.69 Å². The van der Waals surface area contributed by atoms with Gasteiger partial charge < -0.3 is 15.4 Å². The molecule has 0 unspecified atom stereocenters. The summed E-state index contributed by atoms with van der Waals surface area (Å²) in [5.74, 6) is 0.825. The normalized spacial score (nSPS) is 9.62. The van der Waals surface area contributed by atoms with Gasteiger partial charge in [-0.25, -0.2) is 0 Å². The molecule has 1 rings (SSSR count). The first kappa shape index (κ1) is 12.8. The number of hydrogen-bond donors (Lipinski definition) is 2. The number of nitrogens with one attached hydrogen (secondary N) is 2. The SMILES string of the molecule is CCCNC(=S)Nc1ccccc1OCC. The molecule has 0 spiro atoms. The third-order valence-electron chi connectivity index (χ3n) is 1.97. The minimum absolute atomic E-state index is 0.633. The summed E-state index contributed by atoms with van der Waals surface area (Å²) in [4.78, 5) is 0. The van der Waals surface area contributed by atoms with Crippen molar-refractivity contribution in [2.75, 3.05) is 18.5 Å². The molecule has 0 aliphatic carbocycles. The Morgan fingerprint density at radius 3 is 2.75 bits per heavy atom. The van der Waals surface area contributed by atoms with Crippen LogP contribution in [0.25, 0.3) is 0 Å². The Morgan fingerprint density at radius 2 is 2.06 bits per heavy atom. The molecule has 1 aromatic carbocycles. The molecule has 0 atom stereocenters. The van der Waals surface area contributed by atoms with E-state index in [-0.39, 0.29) is 0 Å². The van der Waals surface area contributed by atoms with E-state index >= 15 is 0 Å². The van der Waals surface area contributed by atoms with Gasteiger partial charge in [-0.1, -0.05) is 19.1 Å².